The number of anilines is 2. The molecule has 1 N–H and O–H groups in total. The summed E-state index contributed by atoms with van der Waals surface area (Å²) >= 11 is 7.82. The quantitative estimate of drug-likeness (QED) is 0.556. The van der Waals surface area contributed by atoms with Gasteiger partial charge in [0.05, 0.1) is 12.2 Å². The van der Waals surface area contributed by atoms with Gasteiger partial charge in [-0.25, -0.2) is 9.18 Å². The molecule has 2 heterocycles. The van der Waals surface area contributed by atoms with E-state index in [1.54, 1.807) is 15.9 Å². The molecule has 5 rings (SSSR count). The molecule has 8 heteroatoms. The first-order chi connectivity index (χ1) is 15.5. The maximum absolute atomic E-state index is 13.9. The van der Waals surface area contributed by atoms with Crippen molar-refractivity contribution >= 4 is 46.7 Å². The summed E-state index contributed by atoms with van der Waals surface area (Å²) in [5.41, 5.74) is 2.86. The number of para-hydroxylation sites is 1. The monoisotopic (exact) mass is 467 g/mol. The zero-order chi connectivity index (χ0) is 22.3. The minimum atomic E-state index is -1.15. The molecule has 3 aromatic carbocycles. The molecule has 0 aliphatic carbocycles. The van der Waals surface area contributed by atoms with Gasteiger partial charge in [-0.05, 0) is 42.0 Å². The average Bonchev–Trinajstić information content (AvgIpc) is 3.34. The van der Waals surface area contributed by atoms with Crippen molar-refractivity contribution in [1.82, 2.24) is 4.90 Å². The molecule has 3 amide bonds. The van der Waals surface area contributed by atoms with Crippen molar-refractivity contribution in [1.29, 1.82) is 0 Å². The van der Waals surface area contributed by atoms with Crippen LogP contribution in [0.3, 0.4) is 0 Å². The Labute approximate surface area is 194 Å². The van der Waals surface area contributed by atoms with Gasteiger partial charge < -0.3 is 10.2 Å². The molecular formula is C24H19ClFN3O2S. The number of urea groups is 1. The summed E-state index contributed by atoms with van der Waals surface area (Å²) < 4.78 is 13.2. The van der Waals surface area contributed by atoms with E-state index in [1.807, 2.05) is 42.5 Å². The molecule has 2 aliphatic rings. The van der Waals surface area contributed by atoms with Crippen molar-refractivity contribution in [2.24, 2.45) is 0 Å². The van der Waals surface area contributed by atoms with Crippen LogP contribution in [0.2, 0.25) is 5.02 Å². The van der Waals surface area contributed by atoms with E-state index in [0.717, 1.165) is 16.8 Å². The van der Waals surface area contributed by atoms with E-state index in [1.165, 1.54) is 36.0 Å². The second-order valence-corrected chi connectivity index (χ2v) is 9.28. The van der Waals surface area contributed by atoms with Crippen LogP contribution in [0.25, 0.3) is 0 Å². The summed E-state index contributed by atoms with van der Waals surface area (Å²) in [6.45, 7) is 0.725. The predicted octanol–water partition coefficient (Wildman–Crippen LogP) is 5.46. The minimum absolute atomic E-state index is 0.171. The molecule has 1 atom stereocenters. The zero-order valence-electron chi connectivity index (χ0n) is 16.9. The molecule has 0 aromatic heterocycles. The topological polar surface area (TPSA) is 52.7 Å². The molecule has 0 unspecified atom stereocenters. The second-order valence-electron chi connectivity index (χ2n) is 7.58. The lowest BCUT2D eigenvalue weighted by molar-refractivity contribution is -0.123. The molecule has 162 valence electrons. The zero-order valence-corrected chi connectivity index (χ0v) is 18.5. The first kappa shape index (κ1) is 20.8. The summed E-state index contributed by atoms with van der Waals surface area (Å²) in [7, 11) is 0. The normalized spacial score (nSPS) is 19.5. The maximum Gasteiger partial charge on any atom is 0.323 e. The SMILES string of the molecule is O=C(Nc1ccc(F)cc1)N1CCS[C@]12C(=O)N(Cc1ccccc1Cl)c1ccccc12. The Morgan fingerprint density at radius 1 is 1.06 bits per heavy atom. The molecule has 0 saturated carbocycles. The second kappa shape index (κ2) is 8.15. The van der Waals surface area contributed by atoms with Crippen molar-refractivity contribution < 1.29 is 14.0 Å². The molecule has 0 bridgehead atoms. The van der Waals surface area contributed by atoms with Crippen molar-refractivity contribution in [3.05, 3.63) is 94.8 Å². The Hall–Kier alpha value is -3.03. The van der Waals surface area contributed by atoms with Gasteiger partial charge in [0.2, 0.25) is 0 Å². The number of hydrogen-bond acceptors (Lipinski definition) is 3. The first-order valence-corrected chi connectivity index (χ1v) is 11.5. The fourth-order valence-electron chi connectivity index (χ4n) is 4.25. The molecule has 1 spiro atoms. The number of hydrogen-bond donors (Lipinski definition) is 1. The Morgan fingerprint density at radius 3 is 2.56 bits per heavy atom. The number of nitrogens with one attached hydrogen (secondary N) is 1. The molecule has 1 saturated heterocycles. The van der Waals surface area contributed by atoms with Crippen LogP contribution in [0.4, 0.5) is 20.6 Å². The molecule has 0 radical (unpaired) electrons. The molecular weight excluding hydrogens is 449 g/mol. The van der Waals surface area contributed by atoms with Crippen LogP contribution in [0.15, 0.2) is 72.8 Å². The first-order valence-electron chi connectivity index (χ1n) is 10.1. The van der Waals surface area contributed by atoms with Gasteiger partial charge >= 0.3 is 6.03 Å². The number of halogens is 2. The van der Waals surface area contributed by atoms with Crippen LogP contribution >= 0.6 is 23.4 Å². The van der Waals surface area contributed by atoms with Crippen molar-refractivity contribution in [2.75, 3.05) is 22.5 Å². The van der Waals surface area contributed by atoms with Gasteiger partial charge in [-0.1, -0.05) is 48.0 Å². The highest BCUT2D eigenvalue weighted by Gasteiger charge is 2.59. The van der Waals surface area contributed by atoms with E-state index in [2.05, 4.69) is 5.32 Å². The largest absolute Gasteiger partial charge is 0.323 e. The Morgan fingerprint density at radius 2 is 1.78 bits per heavy atom. The van der Waals surface area contributed by atoms with Crippen LogP contribution in [0, 0.1) is 5.82 Å². The molecule has 2 aliphatic heterocycles. The van der Waals surface area contributed by atoms with Gasteiger partial charge in [-0.15, -0.1) is 11.8 Å². The van der Waals surface area contributed by atoms with Crippen LogP contribution in [0.5, 0.6) is 0 Å². The smallest absolute Gasteiger partial charge is 0.308 e. The maximum atomic E-state index is 13.9. The number of carbonyl (C=O) groups excluding carboxylic acids is 2. The van der Waals surface area contributed by atoms with Gasteiger partial charge in [0, 0.05) is 28.6 Å². The summed E-state index contributed by atoms with van der Waals surface area (Å²) in [6, 6.07) is 20.1. The van der Waals surface area contributed by atoms with E-state index in [-0.39, 0.29) is 11.7 Å². The van der Waals surface area contributed by atoms with Crippen LogP contribution in [-0.2, 0) is 16.2 Å². The van der Waals surface area contributed by atoms with Gasteiger partial charge in [0.1, 0.15) is 5.82 Å². The Bertz CT molecular complexity index is 1210. The lowest BCUT2D eigenvalue weighted by Crippen LogP contribution is -2.51. The number of benzene rings is 3. The minimum Gasteiger partial charge on any atom is -0.308 e. The van der Waals surface area contributed by atoms with E-state index in [9.17, 15) is 14.0 Å². The standard InChI is InChI=1S/C24H19ClFN3O2S/c25-20-7-3-1-5-16(20)15-28-21-8-4-2-6-19(21)24(22(28)30)29(13-14-32-24)23(31)27-18-11-9-17(26)10-12-18/h1-12H,13-15H2,(H,27,31)/t24-/m1/s1. The number of rotatable bonds is 3. The van der Waals surface area contributed by atoms with Crippen molar-refractivity contribution in [3.63, 3.8) is 0 Å². The van der Waals surface area contributed by atoms with Crippen LogP contribution < -0.4 is 10.2 Å². The number of thioether (sulfide) groups is 1. The van der Waals surface area contributed by atoms with Crippen LogP contribution in [0.1, 0.15) is 11.1 Å². The summed E-state index contributed by atoms with van der Waals surface area (Å²) in [5, 5.41) is 3.39. The lowest BCUT2D eigenvalue weighted by atomic mass is 10.1. The number of carbonyl (C=O) groups is 2. The van der Waals surface area contributed by atoms with E-state index in [4.69, 9.17) is 11.6 Å². The average molecular weight is 468 g/mol. The fraction of sp³-hybridized carbons (Fsp3) is 0.167. The third-order valence-electron chi connectivity index (χ3n) is 5.73. The Kier molecular flexibility index (Phi) is 5.31. The third kappa shape index (κ3) is 3.32. The summed E-state index contributed by atoms with van der Waals surface area (Å²) in [4.78, 5) is 29.3. The molecule has 32 heavy (non-hydrogen) atoms. The number of amides is 3. The van der Waals surface area contributed by atoms with Gasteiger partial charge in [-0.3, -0.25) is 9.69 Å². The molecule has 1 fully saturated rings. The van der Waals surface area contributed by atoms with Gasteiger partial charge in [0.25, 0.3) is 5.91 Å². The Balaban J connectivity index is 1.51. The van der Waals surface area contributed by atoms with Crippen molar-refractivity contribution in [2.45, 2.75) is 11.4 Å². The van der Waals surface area contributed by atoms with E-state index >= 15 is 0 Å². The fourth-order valence-corrected chi connectivity index (χ4v) is 5.90. The third-order valence-corrected chi connectivity index (χ3v) is 7.52. The highest BCUT2D eigenvalue weighted by Crippen LogP contribution is 2.54. The van der Waals surface area contributed by atoms with Crippen molar-refractivity contribution in [3.8, 4) is 0 Å². The molecule has 3 aromatic rings. The van der Waals surface area contributed by atoms with E-state index < -0.39 is 10.9 Å². The predicted molar refractivity (Wildman–Crippen MR) is 125 cm³/mol. The van der Waals surface area contributed by atoms with E-state index in [0.29, 0.717) is 29.6 Å². The lowest BCUT2D eigenvalue weighted by Gasteiger charge is -2.33. The highest BCUT2D eigenvalue weighted by molar-refractivity contribution is 8.01. The summed E-state index contributed by atoms with van der Waals surface area (Å²) in [6.07, 6.45) is 0. The molecule has 5 nitrogen and oxygen atoms in total. The van der Waals surface area contributed by atoms with Gasteiger partial charge in [0.15, 0.2) is 4.87 Å². The summed E-state index contributed by atoms with van der Waals surface area (Å²) in [5.74, 6) is 0.0679. The van der Waals surface area contributed by atoms with Gasteiger partial charge in [-0.2, -0.15) is 0 Å². The highest BCUT2D eigenvalue weighted by atomic mass is 35.5. The number of nitrogens with zero attached hydrogens (tertiary/aromatic N) is 2. The number of fused-ring (bicyclic) bond motifs is 2. The van der Waals surface area contributed by atoms with Crippen LogP contribution in [-0.4, -0.2) is 29.1 Å².